The SMILES string of the molecule is CC1(C(=O)NCC(Cl)c2ccccc2)CCCO1. The van der Waals surface area contributed by atoms with E-state index in [4.69, 9.17) is 16.3 Å². The number of alkyl halides is 1. The first-order chi connectivity index (χ1) is 8.62. The fraction of sp³-hybridized carbons (Fsp3) is 0.500. The summed E-state index contributed by atoms with van der Waals surface area (Å²) < 4.78 is 5.49. The van der Waals surface area contributed by atoms with Crippen molar-refractivity contribution in [3.63, 3.8) is 0 Å². The van der Waals surface area contributed by atoms with Crippen molar-refractivity contribution in [3.05, 3.63) is 35.9 Å². The number of hydrogen-bond acceptors (Lipinski definition) is 2. The van der Waals surface area contributed by atoms with E-state index in [1.807, 2.05) is 37.3 Å². The number of hydrogen-bond donors (Lipinski definition) is 1. The summed E-state index contributed by atoms with van der Waals surface area (Å²) in [6.07, 6.45) is 1.71. The van der Waals surface area contributed by atoms with Crippen LogP contribution in [0.4, 0.5) is 0 Å². The topological polar surface area (TPSA) is 38.3 Å². The van der Waals surface area contributed by atoms with Crippen LogP contribution < -0.4 is 5.32 Å². The molecule has 2 rings (SSSR count). The second-order valence-corrected chi connectivity index (χ2v) is 5.30. The minimum atomic E-state index is -0.673. The first kappa shape index (κ1) is 13.4. The first-order valence-electron chi connectivity index (χ1n) is 6.23. The molecule has 3 nitrogen and oxygen atoms in total. The molecule has 1 aromatic carbocycles. The third-order valence-corrected chi connectivity index (χ3v) is 3.71. The molecule has 1 aliphatic rings. The van der Waals surface area contributed by atoms with Crippen LogP contribution in [0.2, 0.25) is 0 Å². The summed E-state index contributed by atoms with van der Waals surface area (Å²) in [7, 11) is 0. The van der Waals surface area contributed by atoms with E-state index >= 15 is 0 Å². The molecule has 0 saturated carbocycles. The molecule has 0 spiro atoms. The monoisotopic (exact) mass is 267 g/mol. The highest BCUT2D eigenvalue weighted by Crippen LogP contribution is 2.25. The van der Waals surface area contributed by atoms with Gasteiger partial charge < -0.3 is 10.1 Å². The Kier molecular flexibility index (Phi) is 4.25. The summed E-state index contributed by atoms with van der Waals surface area (Å²) in [4.78, 5) is 12.0. The van der Waals surface area contributed by atoms with Crippen LogP contribution in [0, 0.1) is 0 Å². The summed E-state index contributed by atoms with van der Waals surface area (Å²) in [5.74, 6) is -0.0680. The maximum absolute atomic E-state index is 12.0. The van der Waals surface area contributed by atoms with Crippen LogP contribution in [0.25, 0.3) is 0 Å². The van der Waals surface area contributed by atoms with E-state index in [1.54, 1.807) is 0 Å². The van der Waals surface area contributed by atoms with Gasteiger partial charge in [-0.25, -0.2) is 0 Å². The largest absolute Gasteiger partial charge is 0.365 e. The maximum atomic E-state index is 12.0. The van der Waals surface area contributed by atoms with Crippen molar-refractivity contribution in [2.45, 2.75) is 30.7 Å². The van der Waals surface area contributed by atoms with E-state index in [0.29, 0.717) is 13.2 Å². The van der Waals surface area contributed by atoms with Gasteiger partial charge in [0, 0.05) is 13.2 Å². The third kappa shape index (κ3) is 3.03. The number of rotatable bonds is 4. The lowest BCUT2D eigenvalue weighted by atomic mass is 10.0. The second kappa shape index (κ2) is 5.72. The Bertz CT molecular complexity index is 402. The Morgan fingerprint density at radius 2 is 2.22 bits per heavy atom. The molecule has 1 heterocycles. The molecule has 0 aromatic heterocycles. The van der Waals surface area contributed by atoms with Crippen LogP contribution in [0.3, 0.4) is 0 Å². The van der Waals surface area contributed by atoms with E-state index in [9.17, 15) is 4.79 Å². The van der Waals surface area contributed by atoms with Crippen LogP contribution in [-0.2, 0) is 9.53 Å². The Morgan fingerprint density at radius 3 is 2.83 bits per heavy atom. The van der Waals surface area contributed by atoms with Gasteiger partial charge >= 0.3 is 0 Å². The fourth-order valence-corrected chi connectivity index (χ4v) is 2.33. The lowest BCUT2D eigenvalue weighted by Gasteiger charge is -2.22. The molecule has 1 aliphatic heterocycles. The number of carbonyl (C=O) groups excluding carboxylic acids is 1. The highest BCUT2D eigenvalue weighted by atomic mass is 35.5. The van der Waals surface area contributed by atoms with Crippen molar-refractivity contribution in [3.8, 4) is 0 Å². The number of halogens is 1. The molecule has 1 fully saturated rings. The number of carbonyl (C=O) groups is 1. The van der Waals surface area contributed by atoms with Crippen LogP contribution in [0.15, 0.2) is 30.3 Å². The molecule has 1 N–H and O–H groups in total. The molecule has 2 unspecified atom stereocenters. The van der Waals surface area contributed by atoms with Gasteiger partial charge in [0.05, 0.1) is 5.38 Å². The lowest BCUT2D eigenvalue weighted by Crippen LogP contribution is -2.44. The van der Waals surface area contributed by atoms with Crippen molar-refractivity contribution < 1.29 is 9.53 Å². The Labute approximate surface area is 112 Å². The van der Waals surface area contributed by atoms with Crippen molar-refractivity contribution >= 4 is 17.5 Å². The van der Waals surface area contributed by atoms with Gasteiger partial charge in [0.25, 0.3) is 5.91 Å². The summed E-state index contributed by atoms with van der Waals surface area (Å²) in [6.45, 7) is 2.91. The number of benzene rings is 1. The smallest absolute Gasteiger partial charge is 0.252 e. The van der Waals surface area contributed by atoms with Gasteiger partial charge in [-0.2, -0.15) is 0 Å². The second-order valence-electron chi connectivity index (χ2n) is 4.77. The molecule has 0 bridgehead atoms. The van der Waals surface area contributed by atoms with E-state index < -0.39 is 5.60 Å². The Morgan fingerprint density at radius 1 is 1.50 bits per heavy atom. The minimum absolute atomic E-state index is 0.0680. The van der Waals surface area contributed by atoms with Gasteiger partial charge in [0.2, 0.25) is 0 Å². The molecular formula is C14H18ClNO2. The van der Waals surface area contributed by atoms with Gasteiger partial charge in [-0.1, -0.05) is 30.3 Å². The van der Waals surface area contributed by atoms with Crippen LogP contribution in [0.5, 0.6) is 0 Å². The quantitative estimate of drug-likeness (QED) is 0.852. The average Bonchev–Trinajstić information content (AvgIpc) is 2.85. The zero-order valence-electron chi connectivity index (χ0n) is 10.5. The standard InChI is InChI=1S/C14H18ClNO2/c1-14(8-5-9-18-14)13(17)16-10-12(15)11-6-3-2-4-7-11/h2-4,6-7,12H,5,8-10H2,1H3,(H,16,17). The fourth-order valence-electron chi connectivity index (χ4n) is 2.11. The van der Waals surface area contributed by atoms with E-state index in [2.05, 4.69) is 5.32 Å². The molecule has 98 valence electrons. The summed E-state index contributed by atoms with van der Waals surface area (Å²) in [6, 6.07) is 9.73. The molecule has 1 aromatic rings. The molecular weight excluding hydrogens is 250 g/mol. The number of nitrogens with one attached hydrogen (secondary N) is 1. The van der Waals surface area contributed by atoms with E-state index in [1.165, 1.54) is 0 Å². The zero-order chi connectivity index (χ0) is 13.0. The van der Waals surface area contributed by atoms with Gasteiger partial charge in [0.15, 0.2) is 0 Å². The van der Waals surface area contributed by atoms with Gasteiger partial charge in [-0.3, -0.25) is 4.79 Å². The van der Waals surface area contributed by atoms with Gasteiger partial charge in [0.1, 0.15) is 5.60 Å². The molecule has 1 saturated heterocycles. The van der Waals surface area contributed by atoms with Crippen LogP contribution >= 0.6 is 11.6 Å². The Hall–Kier alpha value is -1.06. The third-order valence-electron chi connectivity index (χ3n) is 3.30. The van der Waals surface area contributed by atoms with Crippen molar-refractivity contribution in [1.82, 2.24) is 5.32 Å². The summed E-state index contributed by atoms with van der Waals surface area (Å²) in [5.41, 5.74) is 0.338. The molecule has 1 amide bonds. The molecule has 0 radical (unpaired) electrons. The lowest BCUT2D eigenvalue weighted by molar-refractivity contribution is -0.139. The highest BCUT2D eigenvalue weighted by molar-refractivity contribution is 6.21. The predicted octanol–water partition coefficient (Wildman–Crippen LogP) is 2.65. The molecule has 0 aliphatic carbocycles. The summed E-state index contributed by atoms with van der Waals surface area (Å²) >= 11 is 6.25. The maximum Gasteiger partial charge on any atom is 0.252 e. The Balaban J connectivity index is 1.86. The number of ether oxygens (including phenoxy) is 1. The molecule has 18 heavy (non-hydrogen) atoms. The van der Waals surface area contributed by atoms with Crippen LogP contribution in [-0.4, -0.2) is 24.7 Å². The van der Waals surface area contributed by atoms with Gasteiger partial charge in [-0.15, -0.1) is 11.6 Å². The predicted molar refractivity (Wildman–Crippen MR) is 71.6 cm³/mol. The first-order valence-corrected chi connectivity index (χ1v) is 6.67. The normalized spacial score (nSPS) is 24.8. The highest BCUT2D eigenvalue weighted by Gasteiger charge is 2.37. The van der Waals surface area contributed by atoms with E-state index in [-0.39, 0.29) is 11.3 Å². The van der Waals surface area contributed by atoms with Crippen molar-refractivity contribution in [2.24, 2.45) is 0 Å². The average molecular weight is 268 g/mol. The minimum Gasteiger partial charge on any atom is -0.365 e. The van der Waals surface area contributed by atoms with Gasteiger partial charge in [-0.05, 0) is 25.3 Å². The number of amides is 1. The zero-order valence-corrected chi connectivity index (χ0v) is 11.2. The van der Waals surface area contributed by atoms with Crippen molar-refractivity contribution in [2.75, 3.05) is 13.2 Å². The van der Waals surface area contributed by atoms with E-state index in [0.717, 1.165) is 18.4 Å². The summed E-state index contributed by atoms with van der Waals surface area (Å²) in [5, 5.41) is 2.66. The molecule has 4 heteroatoms. The van der Waals surface area contributed by atoms with Crippen molar-refractivity contribution in [1.29, 1.82) is 0 Å². The molecule has 2 atom stereocenters. The van der Waals surface area contributed by atoms with Crippen LogP contribution in [0.1, 0.15) is 30.7 Å².